The molecule has 0 unspecified atom stereocenters. The van der Waals surface area contributed by atoms with Gasteiger partial charge in [0.1, 0.15) is 12.4 Å². The third-order valence-corrected chi connectivity index (χ3v) is 6.01. The van der Waals surface area contributed by atoms with Gasteiger partial charge >= 0.3 is 0 Å². The highest BCUT2D eigenvalue weighted by Crippen LogP contribution is 2.38. The Hall–Kier alpha value is -2.93. The van der Waals surface area contributed by atoms with Crippen LogP contribution < -0.4 is 29.6 Å². The largest absolute Gasteiger partial charge is 0.493 e. The van der Waals surface area contributed by atoms with Gasteiger partial charge in [0.05, 0.1) is 21.3 Å². The van der Waals surface area contributed by atoms with Gasteiger partial charge in [-0.1, -0.05) is 31.4 Å². The Labute approximate surface area is 196 Å². The van der Waals surface area contributed by atoms with E-state index >= 15 is 0 Å². The van der Waals surface area contributed by atoms with E-state index in [9.17, 15) is 4.79 Å². The molecule has 1 saturated carbocycles. The summed E-state index contributed by atoms with van der Waals surface area (Å²) in [6, 6.07) is 11.1. The summed E-state index contributed by atoms with van der Waals surface area (Å²) < 4.78 is 21.8. The number of carbonyl (C=O) groups excluding carboxylic acids is 1. The van der Waals surface area contributed by atoms with E-state index in [1.165, 1.54) is 53.4 Å². The molecular weight excluding hydrogens is 420 g/mol. The molecule has 7 nitrogen and oxygen atoms in total. The summed E-state index contributed by atoms with van der Waals surface area (Å²) in [5.74, 6) is 2.77. The van der Waals surface area contributed by atoms with Crippen LogP contribution in [-0.4, -0.2) is 46.9 Å². The second-order valence-electron chi connectivity index (χ2n) is 8.30. The van der Waals surface area contributed by atoms with Crippen molar-refractivity contribution in [2.45, 2.75) is 38.6 Å². The molecule has 7 heteroatoms. The Morgan fingerprint density at radius 3 is 2.21 bits per heavy atom. The van der Waals surface area contributed by atoms with Crippen molar-refractivity contribution in [3.05, 3.63) is 47.5 Å². The van der Waals surface area contributed by atoms with Gasteiger partial charge in [0.2, 0.25) is 5.75 Å². The van der Waals surface area contributed by atoms with Crippen molar-refractivity contribution in [2.24, 2.45) is 5.92 Å². The zero-order valence-electron chi connectivity index (χ0n) is 19.9. The summed E-state index contributed by atoms with van der Waals surface area (Å²) in [5, 5.41) is 6.43. The van der Waals surface area contributed by atoms with Crippen LogP contribution in [0.3, 0.4) is 0 Å². The van der Waals surface area contributed by atoms with Gasteiger partial charge in [-0.15, -0.1) is 0 Å². The van der Waals surface area contributed by atoms with Crippen molar-refractivity contribution in [2.75, 3.05) is 41.0 Å². The fourth-order valence-corrected chi connectivity index (χ4v) is 4.14. The summed E-state index contributed by atoms with van der Waals surface area (Å²) in [6.45, 7) is 2.99. The van der Waals surface area contributed by atoms with Gasteiger partial charge in [-0.2, -0.15) is 0 Å². The molecule has 1 aliphatic rings. The predicted octanol–water partition coefficient (Wildman–Crippen LogP) is 4.19. The van der Waals surface area contributed by atoms with Crippen LogP contribution in [0.2, 0.25) is 0 Å². The second-order valence-corrected chi connectivity index (χ2v) is 8.30. The van der Waals surface area contributed by atoms with E-state index in [0.29, 0.717) is 36.0 Å². The first-order valence-electron chi connectivity index (χ1n) is 11.6. The van der Waals surface area contributed by atoms with Crippen LogP contribution in [0.1, 0.15) is 48.0 Å². The molecule has 0 spiro atoms. The first-order valence-corrected chi connectivity index (χ1v) is 11.6. The molecule has 1 aliphatic carbocycles. The standard InChI is InChI=1S/C26H36N2O5/c1-30-23-15-21(16-24(31-2)25(23)32-3)26(29)28-18-20-9-11-22(12-10-20)33-14-13-27-17-19-7-5-4-6-8-19/h9-12,15-16,19,27H,4-8,13-14,17-18H2,1-3H3,(H,28,29). The molecule has 2 aromatic carbocycles. The van der Waals surface area contributed by atoms with Crippen LogP contribution in [0, 0.1) is 5.92 Å². The van der Waals surface area contributed by atoms with Crippen LogP contribution in [-0.2, 0) is 6.54 Å². The Bertz CT molecular complexity index is 854. The summed E-state index contributed by atoms with van der Waals surface area (Å²) in [7, 11) is 4.58. The number of carbonyl (C=O) groups is 1. The number of rotatable bonds is 12. The summed E-state index contributed by atoms with van der Waals surface area (Å²) >= 11 is 0. The van der Waals surface area contributed by atoms with E-state index in [1.807, 2.05) is 24.3 Å². The maximum atomic E-state index is 12.6. The van der Waals surface area contributed by atoms with Gasteiger partial charge in [-0.3, -0.25) is 4.79 Å². The number of hydrogen-bond acceptors (Lipinski definition) is 6. The minimum atomic E-state index is -0.224. The lowest BCUT2D eigenvalue weighted by Gasteiger charge is -2.21. The first kappa shape index (κ1) is 24.7. The minimum Gasteiger partial charge on any atom is -0.493 e. The van der Waals surface area contributed by atoms with Gasteiger partial charge < -0.3 is 29.6 Å². The molecule has 3 rings (SSSR count). The SMILES string of the molecule is COc1cc(C(=O)NCc2ccc(OCCNCC3CCCCC3)cc2)cc(OC)c1OC. The number of nitrogens with one attached hydrogen (secondary N) is 2. The number of benzene rings is 2. The Kier molecular flexibility index (Phi) is 9.69. The van der Waals surface area contributed by atoms with Crippen molar-refractivity contribution in [3.63, 3.8) is 0 Å². The number of ether oxygens (including phenoxy) is 4. The molecular formula is C26H36N2O5. The molecule has 2 aromatic rings. The lowest BCUT2D eigenvalue weighted by atomic mass is 9.89. The number of amides is 1. The van der Waals surface area contributed by atoms with E-state index in [2.05, 4.69) is 10.6 Å². The smallest absolute Gasteiger partial charge is 0.251 e. The molecule has 1 amide bonds. The average Bonchev–Trinajstić information content (AvgIpc) is 2.87. The third kappa shape index (κ3) is 7.29. The highest BCUT2D eigenvalue weighted by atomic mass is 16.5. The van der Waals surface area contributed by atoms with E-state index in [0.717, 1.165) is 30.3 Å². The maximum Gasteiger partial charge on any atom is 0.251 e. The van der Waals surface area contributed by atoms with Gasteiger partial charge in [0.25, 0.3) is 5.91 Å². The summed E-state index contributed by atoms with van der Waals surface area (Å²) in [6.07, 6.45) is 6.84. The maximum absolute atomic E-state index is 12.6. The zero-order valence-corrected chi connectivity index (χ0v) is 19.9. The van der Waals surface area contributed by atoms with Gasteiger partial charge in [0, 0.05) is 18.7 Å². The molecule has 0 heterocycles. The predicted molar refractivity (Wildman–Crippen MR) is 129 cm³/mol. The second kappa shape index (κ2) is 12.9. The highest BCUT2D eigenvalue weighted by Gasteiger charge is 2.17. The molecule has 0 aliphatic heterocycles. The van der Waals surface area contributed by atoms with Crippen LogP contribution >= 0.6 is 0 Å². The fraction of sp³-hybridized carbons (Fsp3) is 0.500. The van der Waals surface area contributed by atoms with Crippen molar-refractivity contribution < 1.29 is 23.7 Å². The van der Waals surface area contributed by atoms with Gasteiger partial charge in [-0.25, -0.2) is 0 Å². The number of methoxy groups -OCH3 is 3. The van der Waals surface area contributed by atoms with E-state index in [4.69, 9.17) is 18.9 Å². The average molecular weight is 457 g/mol. The zero-order chi connectivity index (χ0) is 23.5. The molecule has 33 heavy (non-hydrogen) atoms. The minimum absolute atomic E-state index is 0.224. The topological polar surface area (TPSA) is 78.1 Å². The van der Waals surface area contributed by atoms with E-state index in [1.54, 1.807) is 12.1 Å². The highest BCUT2D eigenvalue weighted by molar-refractivity contribution is 5.95. The van der Waals surface area contributed by atoms with Crippen molar-refractivity contribution in [3.8, 4) is 23.0 Å². The monoisotopic (exact) mass is 456 g/mol. The normalized spacial score (nSPS) is 13.9. The van der Waals surface area contributed by atoms with Gasteiger partial charge in [-0.05, 0) is 55.1 Å². The molecule has 0 atom stereocenters. The molecule has 0 bridgehead atoms. The van der Waals surface area contributed by atoms with E-state index < -0.39 is 0 Å². The first-order chi connectivity index (χ1) is 16.1. The van der Waals surface area contributed by atoms with Crippen LogP contribution in [0.15, 0.2) is 36.4 Å². The van der Waals surface area contributed by atoms with Crippen LogP contribution in [0.25, 0.3) is 0 Å². The summed E-state index contributed by atoms with van der Waals surface area (Å²) in [5.41, 5.74) is 1.42. The van der Waals surface area contributed by atoms with Gasteiger partial charge in [0.15, 0.2) is 11.5 Å². The lowest BCUT2D eigenvalue weighted by molar-refractivity contribution is 0.0950. The van der Waals surface area contributed by atoms with Crippen LogP contribution in [0.4, 0.5) is 0 Å². The molecule has 2 N–H and O–H groups in total. The molecule has 0 radical (unpaired) electrons. The number of hydrogen-bond donors (Lipinski definition) is 2. The van der Waals surface area contributed by atoms with Crippen molar-refractivity contribution in [1.29, 1.82) is 0 Å². The van der Waals surface area contributed by atoms with Crippen molar-refractivity contribution >= 4 is 5.91 Å². The quantitative estimate of drug-likeness (QED) is 0.467. The molecule has 0 saturated heterocycles. The third-order valence-electron chi connectivity index (χ3n) is 6.01. The Balaban J connectivity index is 1.43. The van der Waals surface area contributed by atoms with E-state index in [-0.39, 0.29) is 5.91 Å². The Morgan fingerprint density at radius 1 is 0.939 bits per heavy atom. The van der Waals surface area contributed by atoms with Crippen LogP contribution in [0.5, 0.6) is 23.0 Å². The molecule has 1 fully saturated rings. The molecule has 0 aromatic heterocycles. The fourth-order valence-electron chi connectivity index (χ4n) is 4.14. The lowest BCUT2D eigenvalue weighted by Crippen LogP contribution is -2.28. The Morgan fingerprint density at radius 2 is 1.61 bits per heavy atom. The van der Waals surface area contributed by atoms with Crippen molar-refractivity contribution in [1.82, 2.24) is 10.6 Å². The summed E-state index contributed by atoms with van der Waals surface area (Å²) in [4.78, 5) is 12.6. The molecule has 180 valence electrons.